The molecular formula is C9H14N4OS2. The number of anilines is 1. The molecule has 16 heavy (non-hydrogen) atoms. The number of hydrogen-bond acceptors (Lipinski definition) is 6. The Labute approximate surface area is 102 Å². The van der Waals surface area contributed by atoms with E-state index in [2.05, 4.69) is 10.2 Å². The van der Waals surface area contributed by atoms with Crippen LogP contribution in [0.3, 0.4) is 0 Å². The monoisotopic (exact) mass is 258 g/mol. The second-order valence-electron chi connectivity index (χ2n) is 3.70. The lowest BCUT2D eigenvalue weighted by molar-refractivity contribution is -0.129. The standard InChI is InChI=1S/C9H14N4OS2/c1-6(7(14)13-4-2-3-5-13)15-9-12-11-8(10)16-9/h6H,2-5H2,1H3,(H2,10,11)/t6-/m0/s1. The van der Waals surface area contributed by atoms with Gasteiger partial charge in [-0.2, -0.15) is 0 Å². The summed E-state index contributed by atoms with van der Waals surface area (Å²) in [5.74, 6) is 0.191. The van der Waals surface area contributed by atoms with E-state index in [1.807, 2.05) is 11.8 Å². The Morgan fingerprint density at radius 3 is 2.75 bits per heavy atom. The van der Waals surface area contributed by atoms with Gasteiger partial charge in [-0.25, -0.2) is 0 Å². The molecule has 1 aromatic heterocycles. The molecule has 0 spiro atoms. The van der Waals surface area contributed by atoms with E-state index in [1.54, 1.807) is 0 Å². The minimum atomic E-state index is -0.106. The van der Waals surface area contributed by atoms with Gasteiger partial charge in [0.1, 0.15) is 0 Å². The van der Waals surface area contributed by atoms with Gasteiger partial charge in [-0.05, 0) is 19.8 Å². The molecule has 0 saturated carbocycles. The SMILES string of the molecule is C[C@H](Sc1nnc(N)s1)C(=O)N1CCCC1. The van der Waals surface area contributed by atoms with Gasteiger partial charge in [0.25, 0.3) is 0 Å². The molecule has 2 rings (SSSR count). The summed E-state index contributed by atoms with van der Waals surface area (Å²) in [6.07, 6.45) is 2.24. The fraction of sp³-hybridized carbons (Fsp3) is 0.667. The summed E-state index contributed by atoms with van der Waals surface area (Å²) in [5.41, 5.74) is 5.49. The van der Waals surface area contributed by atoms with Crippen LogP contribution in [0, 0.1) is 0 Å². The van der Waals surface area contributed by atoms with Crippen LogP contribution in [0.1, 0.15) is 19.8 Å². The molecule has 0 aromatic carbocycles. The average Bonchev–Trinajstić information content (AvgIpc) is 2.88. The first-order chi connectivity index (χ1) is 7.66. The second-order valence-corrected chi connectivity index (χ2v) is 6.30. The fourth-order valence-electron chi connectivity index (χ4n) is 1.66. The number of nitrogens with two attached hydrogens (primary N) is 1. The summed E-state index contributed by atoms with van der Waals surface area (Å²) in [6, 6.07) is 0. The van der Waals surface area contributed by atoms with Crippen molar-refractivity contribution in [1.82, 2.24) is 15.1 Å². The van der Waals surface area contributed by atoms with E-state index in [1.165, 1.54) is 23.1 Å². The van der Waals surface area contributed by atoms with Crippen molar-refractivity contribution < 1.29 is 4.79 Å². The van der Waals surface area contributed by atoms with Crippen molar-refractivity contribution in [2.45, 2.75) is 29.4 Å². The van der Waals surface area contributed by atoms with Gasteiger partial charge in [0.05, 0.1) is 5.25 Å². The van der Waals surface area contributed by atoms with Crippen LogP contribution in [0.4, 0.5) is 5.13 Å². The number of aromatic nitrogens is 2. The smallest absolute Gasteiger partial charge is 0.235 e. The molecule has 0 unspecified atom stereocenters. The predicted octanol–water partition coefficient (Wildman–Crippen LogP) is 1.22. The van der Waals surface area contributed by atoms with Crippen LogP contribution in [0.25, 0.3) is 0 Å². The van der Waals surface area contributed by atoms with E-state index in [0.717, 1.165) is 30.3 Å². The highest BCUT2D eigenvalue weighted by molar-refractivity contribution is 8.02. The number of amides is 1. The van der Waals surface area contributed by atoms with Crippen molar-refractivity contribution in [2.24, 2.45) is 0 Å². The average molecular weight is 258 g/mol. The molecule has 1 aromatic rings. The topological polar surface area (TPSA) is 72.1 Å². The maximum absolute atomic E-state index is 12.0. The molecule has 1 amide bonds. The van der Waals surface area contributed by atoms with Gasteiger partial charge in [-0.3, -0.25) is 4.79 Å². The summed E-state index contributed by atoms with van der Waals surface area (Å²) in [7, 11) is 0. The molecule has 0 radical (unpaired) electrons. The van der Waals surface area contributed by atoms with E-state index in [4.69, 9.17) is 5.73 Å². The molecule has 1 saturated heterocycles. The van der Waals surface area contributed by atoms with Gasteiger partial charge in [0.15, 0.2) is 4.34 Å². The second kappa shape index (κ2) is 5.01. The molecule has 5 nitrogen and oxygen atoms in total. The van der Waals surface area contributed by atoms with Crippen LogP contribution in [0.5, 0.6) is 0 Å². The lowest BCUT2D eigenvalue weighted by Gasteiger charge is -2.18. The zero-order valence-corrected chi connectivity index (χ0v) is 10.7. The Morgan fingerprint density at radius 2 is 2.19 bits per heavy atom. The Hall–Kier alpha value is -0.820. The van der Waals surface area contributed by atoms with E-state index in [-0.39, 0.29) is 11.2 Å². The first-order valence-corrected chi connectivity index (χ1v) is 6.91. The third-order valence-corrected chi connectivity index (χ3v) is 4.39. The Balaban J connectivity index is 1.91. The van der Waals surface area contributed by atoms with Crippen molar-refractivity contribution in [3.63, 3.8) is 0 Å². The number of carbonyl (C=O) groups excluding carboxylic acids is 1. The van der Waals surface area contributed by atoms with Gasteiger partial charge in [0.2, 0.25) is 11.0 Å². The van der Waals surface area contributed by atoms with Crippen molar-refractivity contribution in [1.29, 1.82) is 0 Å². The summed E-state index contributed by atoms with van der Waals surface area (Å²) in [5, 5.41) is 7.97. The molecule has 7 heteroatoms. The number of rotatable bonds is 3. The molecule has 1 atom stereocenters. The Kier molecular flexibility index (Phi) is 3.65. The molecule has 2 N–H and O–H groups in total. The van der Waals surface area contributed by atoms with E-state index >= 15 is 0 Å². The summed E-state index contributed by atoms with van der Waals surface area (Å²) in [4.78, 5) is 13.9. The number of hydrogen-bond donors (Lipinski definition) is 1. The van der Waals surface area contributed by atoms with Crippen LogP contribution in [-0.2, 0) is 4.79 Å². The largest absolute Gasteiger partial charge is 0.374 e. The zero-order valence-electron chi connectivity index (χ0n) is 9.05. The number of nitrogens with zero attached hydrogens (tertiary/aromatic N) is 3. The molecule has 2 heterocycles. The zero-order chi connectivity index (χ0) is 11.5. The maximum Gasteiger partial charge on any atom is 0.235 e. The van der Waals surface area contributed by atoms with E-state index < -0.39 is 0 Å². The lowest BCUT2D eigenvalue weighted by atomic mass is 10.4. The van der Waals surface area contributed by atoms with Crippen LogP contribution in [-0.4, -0.2) is 39.3 Å². The molecule has 1 aliphatic rings. The predicted molar refractivity (Wildman–Crippen MR) is 65.5 cm³/mol. The first-order valence-electron chi connectivity index (χ1n) is 5.21. The quantitative estimate of drug-likeness (QED) is 0.825. The van der Waals surface area contributed by atoms with E-state index in [0.29, 0.717) is 5.13 Å². The Bertz CT molecular complexity index is 375. The lowest BCUT2D eigenvalue weighted by Crippen LogP contribution is -2.33. The molecular weight excluding hydrogens is 244 g/mol. The van der Waals surface area contributed by atoms with E-state index in [9.17, 15) is 4.79 Å². The minimum absolute atomic E-state index is 0.106. The third kappa shape index (κ3) is 2.65. The summed E-state index contributed by atoms with van der Waals surface area (Å²) >= 11 is 2.76. The first kappa shape index (κ1) is 11.7. The van der Waals surface area contributed by atoms with Crippen molar-refractivity contribution in [2.75, 3.05) is 18.8 Å². The van der Waals surface area contributed by atoms with Crippen LogP contribution in [0.15, 0.2) is 4.34 Å². The third-order valence-electron chi connectivity index (χ3n) is 2.47. The maximum atomic E-state index is 12.0. The van der Waals surface area contributed by atoms with Crippen LogP contribution >= 0.6 is 23.1 Å². The van der Waals surface area contributed by atoms with Gasteiger partial charge in [0, 0.05) is 13.1 Å². The highest BCUT2D eigenvalue weighted by atomic mass is 32.2. The fourth-order valence-corrected chi connectivity index (χ4v) is 3.53. The van der Waals surface area contributed by atoms with Gasteiger partial charge in [-0.15, -0.1) is 10.2 Å². The molecule has 0 aliphatic carbocycles. The minimum Gasteiger partial charge on any atom is -0.374 e. The van der Waals surface area contributed by atoms with Crippen molar-refractivity contribution >= 4 is 34.1 Å². The summed E-state index contributed by atoms with van der Waals surface area (Å²) < 4.78 is 0.762. The number of carbonyl (C=O) groups is 1. The highest BCUT2D eigenvalue weighted by Crippen LogP contribution is 2.28. The highest BCUT2D eigenvalue weighted by Gasteiger charge is 2.24. The number of nitrogen functional groups attached to an aromatic ring is 1. The number of likely N-dealkylation sites (tertiary alicyclic amines) is 1. The van der Waals surface area contributed by atoms with Gasteiger partial charge < -0.3 is 10.6 Å². The molecule has 1 fully saturated rings. The van der Waals surface area contributed by atoms with Crippen molar-refractivity contribution in [3.8, 4) is 0 Å². The van der Waals surface area contributed by atoms with Crippen LogP contribution in [0.2, 0.25) is 0 Å². The summed E-state index contributed by atoms with van der Waals surface area (Å²) in [6.45, 7) is 3.69. The number of thioether (sulfide) groups is 1. The van der Waals surface area contributed by atoms with Gasteiger partial charge in [-0.1, -0.05) is 23.1 Å². The Morgan fingerprint density at radius 1 is 1.50 bits per heavy atom. The molecule has 0 bridgehead atoms. The normalized spacial score (nSPS) is 17.7. The molecule has 88 valence electrons. The van der Waals surface area contributed by atoms with Gasteiger partial charge >= 0.3 is 0 Å². The van der Waals surface area contributed by atoms with Crippen molar-refractivity contribution in [3.05, 3.63) is 0 Å². The molecule has 1 aliphatic heterocycles. The van der Waals surface area contributed by atoms with Crippen LogP contribution < -0.4 is 5.73 Å².